The zero-order valence-corrected chi connectivity index (χ0v) is 10.6. The number of rotatable bonds is 1. The van der Waals surface area contributed by atoms with Crippen molar-refractivity contribution in [2.75, 3.05) is 0 Å². The number of fused-ring (bicyclic) bond motifs is 1. The highest BCUT2D eigenvalue weighted by Gasteiger charge is 2.52. The van der Waals surface area contributed by atoms with E-state index < -0.39 is 5.60 Å². The van der Waals surface area contributed by atoms with E-state index in [1.807, 2.05) is 38.1 Å². The molecule has 3 heteroatoms. The Bertz CT molecular complexity index is 590. The van der Waals surface area contributed by atoms with Crippen LogP contribution in [0.4, 0.5) is 0 Å². The fourth-order valence-corrected chi connectivity index (χ4v) is 2.84. The third-order valence-electron chi connectivity index (χ3n) is 3.67. The Morgan fingerprint density at radius 2 is 2.00 bits per heavy atom. The molecule has 1 saturated carbocycles. The van der Waals surface area contributed by atoms with Crippen molar-refractivity contribution in [1.29, 1.82) is 0 Å². The van der Waals surface area contributed by atoms with E-state index >= 15 is 0 Å². The van der Waals surface area contributed by atoms with Gasteiger partial charge in [-0.25, -0.2) is 0 Å². The SMILES string of the molecule is CC1(C)CC(=O)C(O)(c2cc3ccccc3o2)C1. The number of aliphatic hydroxyl groups is 1. The molecule has 1 heterocycles. The van der Waals surface area contributed by atoms with Gasteiger partial charge in [0, 0.05) is 11.8 Å². The van der Waals surface area contributed by atoms with Gasteiger partial charge in [0.05, 0.1) is 0 Å². The minimum absolute atomic E-state index is 0.147. The van der Waals surface area contributed by atoms with E-state index in [1.165, 1.54) is 0 Å². The molecule has 0 radical (unpaired) electrons. The molecule has 1 unspecified atom stereocenters. The van der Waals surface area contributed by atoms with Crippen LogP contribution in [-0.2, 0) is 10.4 Å². The van der Waals surface area contributed by atoms with Crippen molar-refractivity contribution in [2.45, 2.75) is 32.3 Å². The molecule has 1 aromatic heterocycles. The van der Waals surface area contributed by atoms with Gasteiger partial charge in [-0.2, -0.15) is 0 Å². The van der Waals surface area contributed by atoms with Crippen LogP contribution in [0.1, 0.15) is 32.4 Å². The maximum Gasteiger partial charge on any atom is 0.181 e. The number of carbonyl (C=O) groups excluding carboxylic acids is 1. The maximum atomic E-state index is 12.1. The number of para-hydroxylation sites is 1. The lowest BCUT2D eigenvalue weighted by molar-refractivity contribution is -0.135. The van der Waals surface area contributed by atoms with Gasteiger partial charge in [0.1, 0.15) is 11.3 Å². The summed E-state index contributed by atoms with van der Waals surface area (Å²) in [5.74, 6) is 0.228. The van der Waals surface area contributed by atoms with E-state index in [1.54, 1.807) is 6.07 Å². The van der Waals surface area contributed by atoms with Gasteiger partial charge in [0.15, 0.2) is 11.4 Å². The van der Waals surface area contributed by atoms with E-state index in [9.17, 15) is 9.90 Å². The summed E-state index contributed by atoms with van der Waals surface area (Å²) >= 11 is 0. The highest BCUT2D eigenvalue weighted by atomic mass is 16.4. The molecule has 1 aliphatic rings. The Labute approximate surface area is 105 Å². The molecule has 18 heavy (non-hydrogen) atoms. The highest BCUT2D eigenvalue weighted by Crippen LogP contribution is 2.47. The van der Waals surface area contributed by atoms with Gasteiger partial charge >= 0.3 is 0 Å². The molecule has 0 saturated heterocycles. The molecule has 2 aromatic rings. The van der Waals surface area contributed by atoms with Crippen molar-refractivity contribution in [1.82, 2.24) is 0 Å². The van der Waals surface area contributed by atoms with Crippen molar-refractivity contribution in [3.63, 3.8) is 0 Å². The number of hydrogen-bond donors (Lipinski definition) is 1. The number of furan rings is 1. The van der Waals surface area contributed by atoms with E-state index in [0.717, 1.165) is 5.39 Å². The normalized spacial score (nSPS) is 26.9. The van der Waals surface area contributed by atoms with Gasteiger partial charge in [-0.3, -0.25) is 4.79 Å². The minimum Gasteiger partial charge on any atom is -0.457 e. The van der Waals surface area contributed by atoms with Gasteiger partial charge < -0.3 is 9.52 Å². The average Bonchev–Trinajstić information content (AvgIpc) is 2.78. The first-order valence-corrected chi connectivity index (χ1v) is 6.15. The third kappa shape index (κ3) is 1.58. The van der Waals surface area contributed by atoms with Gasteiger partial charge in [0.25, 0.3) is 0 Å². The van der Waals surface area contributed by atoms with Crippen molar-refractivity contribution in [3.8, 4) is 0 Å². The number of ketones is 1. The molecule has 1 atom stereocenters. The lowest BCUT2D eigenvalue weighted by Crippen LogP contribution is -2.30. The number of hydrogen-bond acceptors (Lipinski definition) is 3. The molecule has 1 N–H and O–H groups in total. The smallest absolute Gasteiger partial charge is 0.181 e. The summed E-state index contributed by atoms with van der Waals surface area (Å²) in [6, 6.07) is 9.31. The largest absolute Gasteiger partial charge is 0.457 e. The molecule has 3 rings (SSSR count). The molecule has 0 amide bonds. The van der Waals surface area contributed by atoms with Gasteiger partial charge in [-0.1, -0.05) is 32.0 Å². The summed E-state index contributed by atoms with van der Waals surface area (Å²) in [7, 11) is 0. The topological polar surface area (TPSA) is 50.4 Å². The molecule has 1 fully saturated rings. The number of benzene rings is 1. The fraction of sp³-hybridized carbons (Fsp3) is 0.400. The van der Waals surface area contributed by atoms with Crippen LogP contribution in [-0.4, -0.2) is 10.9 Å². The van der Waals surface area contributed by atoms with Crippen molar-refractivity contribution in [2.24, 2.45) is 5.41 Å². The quantitative estimate of drug-likeness (QED) is 0.838. The lowest BCUT2D eigenvalue weighted by Gasteiger charge is -2.21. The Morgan fingerprint density at radius 3 is 2.61 bits per heavy atom. The predicted molar refractivity (Wildman–Crippen MR) is 68.1 cm³/mol. The first kappa shape index (κ1) is 11.5. The van der Waals surface area contributed by atoms with Gasteiger partial charge in [0.2, 0.25) is 0 Å². The average molecular weight is 244 g/mol. The molecular weight excluding hydrogens is 228 g/mol. The van der Waals surface area contributed by atoms with E-state index in [-0.39, 0.29) is 11.2 Å². The fourth-order valence-electron chi connectivity index (χ4n) is 2.84. The summed E-state index contributed by atoms with van der Waals surface area (Å²) in [6.07, 6.45) is 0.805. The molecular formula is C15H16O3. The highest BCUT2D eigenvalue weighted by molar-refractivity contribution is 5.92. The second-order valence-corrected chi connectivity index (χ2v) is 5.95. The number of carbonyl (C=O) groups is 1. The molecule has 94 valence electrons. The van der Waals surface area contributed by atoms with Crippen LogP contribution in [0, 0.1) is 5.41 Å². The second kappa shape index (κ2) is 3.45. The van der Waals surface area contributed by atoms with Crippen LogP contribution in [0.2, 0.25) is 0 Å². The Hall–Kier alpha value is -1.61. The second-order valence-electron chi connectivity index (χ2n) is 5.95. The zero-order valence-electron chi connectivity index (χ0n) is 10.6. The van der Waals surface area contributed by atoms with Crippen molar-refractivity contribution in [3.05, 3.63) is 36.1 Å². The van der Waals surface area contributed by atoms with Crippen LogP contribution >= 0.6 is 0 Å². The van der Waals surface area contributed by atoms with Crippen LogP contribution in [0.5, 0.6) is 0 Å². The number of Topliss-reactive ketones (excluding diaryl/α,β-unsaturated/α-hetero) is 1. The molecule has 3 nitrogen and oxygen atoms in total. The predicted octanol–water partition coefficient (Wildman–Crippen LogP) is 3.01. The third-order valence-corrected chi connectivity index (χ3v) is 3.67. The van der Waals surface area contributed by atoms with E-state index in [0.29, 0.717) is 24.2 Å². The zero-order chi connectivity index (χ0) is 13.0. The Kier molecular flexibility index (Phi) is 2.20. The molecule has 0 spiro atoms. The molecule has 0 bridgehead atoms. The molecule has 1 aliphatic carbocycles. The van der Waals surface area contributed by atoms with Crippen LogP contribution < -0.4 is 0 Å². The molecule has 1 aromatic carbocycles. The summed E-state index contributed by atoms with van der Waals surface area (Å²) in [4.78, 5) is 12.1. The van der Waals surface area contributed by atoms with E-state index in [4.69, 9.17) is 4.42 Å². The van der Waals surface area contributed by atoms with Crippen molar-refractivity contribution < 1.29 is 14.3 Å². The first-order chi connectivity index (χ1) is 8.41. The first-order valence-electron chi connectivity index (χ1n) is 6.15. The minimum atomic E-state index is -1.46. The molecule has 0 aliphatic heterocycles. The maximum absolute atomic E-state index is 12.1. The summed E-state index contributed by atoms with van der Waals surface area (Å²) in [6.45, 7) is 3.98. The lowest BCUT2D eigenvalue weighted by atomic mass is 9.88. The Morgan fingerprint density at radius 1 is 1.28 bits per heavy atom. The van der Waals surface area contributed by atoms with Gasteiger partial charge in [-0.15, -0.1) is 0 Å². The monoisotopic (exact) mass is 244 g/mol. The van der Waals surface area contributed by atoms with Crippen LogP contribution in [0.15, 0.2) is 34.7 Å². The van der Waals surface area contributed by atoms with Gasteiger partial charge in [-0.05, 0) is 24.0 Å². The van der Waals surface area contributed by atoms with Crippen LogP contribution in [0.3, 0.4) is 0 Å². The standard InChI is InChI=1S/C15H16O3/c1-14(2)8-12(16)15(17,9-14)13-7-10-5-3-4-6-11(10)18-13/h3-7,17H,8-9H2,1-2H3. The summed E-state index contributed by atoms with van der Waals surface area (Å²) < 4.78 is 5.65. The van der Waals surface area contributed by atoms with Crippen LogP contribution in [0.25, 0.3) is 11.0 Å². The summed E-state index contributed by atoms with van der Waals surface area (Å²) in [5.41, 5.74) is -0.925. The van der Waals surface area contributed by atoms with E-state index in [2.05, 4.69) is 0 Å². The van der Waals surface area contributed by atoms with Crippen molar-refractivity contribution >= 4 is 16.8 Å². The Balaban J connectivity index is 2.11. The summed E-state index contributed by atoms with van der Waals surface area (Å²) in [5, 5.41) is 11.5.